The number of likely N-dealkylation sites (tertiary alicyclic amines) is 2. The number of ether oxygens (including phenoxy) is 4. The van der Waals surface area contributed by atoms with Crippen LogP contribution in [-0.4, -0.2) is 129 Å². The molecule has 0 radical (unpaired) electrons. The fraction of sp³-hybridized carbons (Fsp3) is 0.309. The van der Waals surface area contributed by atoms with Gasteiger partial charge < -0.3 is 39.8 Å². The van der Waals surface area contributed by atoms with Crippen molar-refractivity contribution in [1.82, 2.24) is 47.2 Å². The first kappa shape index (κ1) is 77.6. The van der Waals surface area contributed by atoms with Gasteiger partial charge in [0, 0.05) is 45.5 Å². The number of fused-ring (bicyclic) bond motifs is 4. The van der Waals surface area contributed by atoms with Crippen LogP contribution in [0.25, 0.3) is 44.1 Å². The fourth-order valence-electron chi connectivity index (χ4n) is 10.7. The van der Waals surface area contributed by atoms with E-state index < -0.39 is 47.5 Å². The van der Waals surface area contributed by atoms with Crippen molar-refractivity contribution in [1.29, 1.82) is 0 Å². The van der Waals surface area contributed by atoms with Crippen LogP contribution in [0.4, 0.5) is 0 Å². The fourth-order valence-corrected chi connectivity index (χ4v) is 11.0. The standard InChI is InChI=1S/C23H23N3O6.C22H21N3O6.C10H10N2O3.C8H7BrN2O.CH5N.4CH4/c1-24-19-12-15(22(29)32-3)6-9-17(19)26(23(24)30)18-10-11-20(27)25(21(18)28)13-14-4-7-16(31-2)8-5-14;1-23-18-11-14(21(28)29)5-8-16(18)25(22(23)30)17-9-10-19(26)24(20(17)27)12-13-3-6-15(31-2)7-4-13;1-12-8-5-6(9(13)15-2)3-4-7(8)11-10(12)14;1-11-7-4-5(9)2-3-6(7)10-8(11)12;1-2;;;;/h4-9,12,18H,10-11,13H2,1-3H3;3-8,11,17H,9-10,12H2,1-2H3,(H,28,29);3-5H,1-2H3,(H,11,14);2-4H,1H3,(H,10,12);2H2,1H3;4*1H4. The Hall–Kier alpha value is -10.9. The number of imide groups is 2. The lowest BCUT2D eigenvalue weighted by Crippen LogP contribution is -2.47. The number of piperidine rings is 2. The van der Waals surface area contributed by atoms with E-state index in [2.05, 4.69) is 36.4 Å². The Morgan fingerprint density at radius 1 is 0.479 bits per heavy atom. The molecule has 0 aliphatic carbocycles. The number of aromatic amines is 2. The lowest BCUT2D eigenvalue weighted by Gasteiger charge is -2.31. The van der Waals surface area contributed by atoms with Crippen LogP contribution >= 0.6 is 15.9 Å². The third kappa shape index (κ3) is 16.0. The lowest BCUT2D eigenvalue weighted by molar-refractivity contribution is -0.153. The minimum Gasteiger partial charge on any atom is -0.497 e. The van der Waals surface area contributed by atoms with Gasteiger partial charge in [-0.25, -0.2) is 33.6 Å². The average Bonchev–Trinajstić information content (AvgIpc) is 1.59. The van der Waals surface area contributed by atoms with E-state index in [-0.39, 0.29) is 103 Å². The summed E-state index contributed by atoms with van der Waals surface area (Å²) in [6, 6.07) is 32.2. The van der Waals surface area contributed by atoms with Crippen molar-refractivity contribution < 1.29 is 57.6 Å². The van der Waals surface area contributed by atoms with Gasteiger partial charge >= 0.3 is 40.7 Å². The third-order valence-electron chi connectivity index (χ3n) is 15.6. The Bertz CT molecular complexity index is 4740. The van der Waals surface area contributed by atoms with E-state index >= 15 is 0 Å². The molecular formula is C68H82BrN11O16. The summed E-state index contributed by atoms with van der Waals surface area (Å²) in [6.45, 7) is 0.213. The number of aryl methyl sites for hydroxylation is 4. The van der Waals surface area contributed by atoms with E-state index in [1.54, 1.807) is 125 Å². The maximum absolute atomic E-state index is 13.3. The maximum Gasteiger partial charge on any atom is 0.337 e. The molecule has 0 saturated carbocycles. The largest absolute Gasteiger partial charge is 0.497 e. The Balaban J connectivity index is 0.000000284. The van der Waals surface area contributed by atoms with Crippen LogP contribution in [0, 0.1) is 0 Å². The van der Waals surface area contributed by atoms with Crippen LogP contribution in [0.5, 0.6) is 11.5 Å². The van der Waals surface area contributed by atoms with E-state index in [1.165, 1.54) is 79.1 Å². The molecule has 27 nitrogen and oxygen atoms in total. The van der Waals surface area contributed by atoms with Crippen molar-refractivity contribution >= 4 is 102 Å². The predicted molar refractivity (Wildman–Crippen MR) is 369 cm³/mol. The van der Waals surface area contributed by atoms with Gasteiger partial charge in [-0.05, 0) is 128 Å². The second kappa shape index (κ2) is 33.3. The van der Waals surface area contributed by atoms with Gasteiger partial charge in [-0.1, -0.05) is 69.9 Å². The number of benzene rings is 6. The monoisotopic (exact) mass is 1390 g/mol. The second-order valence-corrected chi connectivity index (χ2v) is 21.8. The molecule has 512 valence electrons. The normalized spacial score (nSPS) is 13.9. The SMILES string of the molecule is C.C.C.C.CN.COC(=O)c1ccc2[nH]c(=O)n(C)c2c1.COC(=O)c1ccc2c(c1)n(C)c(=O)n2C1CCC(=O)N(Cc2ccc(OC)cc2)C1=O.COc1ccc(CN2C(=O)CCC(n3c(=O)n(C)c4cc(C(=O)O)ccc43)C2=O)cc1.Cn1c(=O)[nH]c2ccc(Br)cc21. The van der Waals surface area contributed by atoms with Crippen LogP contribution in [0.3, 0.4) is 0 Å². The molecule has 2 unspecified atom stereocenters. The molecule has 2 saturated heterocycles. The summed E-state index contributed by atoms with van der Waals surface area (Å²) in [5.41, 5.74) is 10.8. The molecule has 4 amide bonds. The number of H-pyrrole nitrogens is 2. The summed E-state index contributed by atoms with van der Waals surface area (Å²) in [4.78, 5) is 142. The van der Waals surface area contributed by atoms with Gasteiger partial charge in [0.25, 0.3) is 11.8 Å². The number of carboxylic acid groups (broad SMARTS) is 1. The molecule has 4 aromatic heterocycles. The number of carbonyl (C=O) groups is 7. The van der Waals surface area contributed by atoms with Crippen LogP contribution in [0.1, 0.15) is 110 Å². The number of nitrogens with zero attached hydrogens (tertiary/aromatic N) is 8. The van der Waals surface area contributed by atoms with Crippen molar-refractivity contribution in [2.75, 3.05) is 35.5 Å². The number of aromatic carboxylic acids is 1. The quantitative estimate of drug-likeness (QED) is 0.0697. The van der Waals surface area contributed by atoms with Gasteiger partial charge in [0.15, 0.2) is 0 Å². The Morgan fingerprint density at radius 2 is 0.833 bits per heavy atom. The number of imidazole rings is 4. The minimum absolute atomic E-state index is 0. The number of esters is 2. The van der Waals surface area contributed by atoms with Gasteiger partial charge in [-0.15, -0.1) is 0 Å². The molecule has 2 aliphatic heterocycles. The first-order chi connectivity index (χ1) is 44.0. The first-order valence-corrected chi connectivity index (χ1v) is 29.1. The molecule has 96 heavy (non-hydrogen) atoms. The van der Waals surface area contributed by atoms with Gasteiger partial charge in [0.05, 0.1) is 102 Å². The second-order valence-electron chi connectivity index (χ2n) is 20.9. The number of hydrogen-bond donors (Lipinski definition) is 4. The van der Waals surface area contributed by atoms with Crippen molar-refractivity contribution in [2.45, 2.75) is 80.6 Å². The number of carboxylic acids is 1. The highest BCUT2D eigenvalue weighted by Gasteiger charge is 2.39. The molecular weight excluding hydrogens is 1310 g/mol. The van der Waals surface area contributed by atoms with E-state index in [0.717, 1.165) is 26.6 Å². The summed E-state index contributed by atoms with van der Waals surface area (Å²) >= 11 is 3.35. The molecule has 6 aromatic carbocycles. The van der Waals surface area contributed by atoms with E-state index in [0.29, 0.717) is 55.7 Å². The molecule has 2 aliphatic rings. The Labute approximate surface area is 560 Å². The number of nitrogens with one attached hydrogen (secondary N) is 2. The van der Waals surface area contributed by atoms with E-state index in [4.69, 9.17) is 14.2 Å². The predicted octanol–water partition coefficient (Wildman–Crippen LogP) is 8.36. The highest BCUT2D eigenvalue weighted by Crippen LogP contribution is 2.31. The smallest absolute Gasteiger partial charge is 0.337 e. The lowest BCUT2D eigenvalue weighted by atomic mass is 10.0. The van der Waals surface area contributed by atoms with Crippen molar-refractivity contribution in [3.63, 3.8) is 0 Å². The number of aromatic nitrogens is 8. The molecule has 0 bridgehead atoms. The molecule has 28 heteroatoms. The van der Waals surface area contributed by atoms with Crippen LogP contribution in [-0.2, 0) is 69.9 Å². The molecule has 0 spiro atoms. The summed E-state index contributed by atoms with van der Waals surface area (Å²) in [7, 11) is 13.7. The summed E-state index contributed by atoms with van der Waals surface area (Å²) < 4.78 is 29.1. The number of nitrogens with two attached hydrogens (primary N) is 1. The first-order valence-electron chi connectivity index (χ1n) is 28.4. The Kier molecular flexibility index (Phi) is 26.9. The van der Waals surface area contributed by atoms with Crippen molar-refractivity contribution in [3.05, 3.63) is 196 Å². The highest BCUT2D eigenvalue weighted by atomic mass is 79.9. The van der Waals surface area contributed by atoms with E-state index in [1.807, 2.05) is 18.2 Å². The molecule has 12 rings (SSSR count). The van der Waals surface area contributed by atoms with Gasteiger partial charge in [-0.3, -0.25) is 56.4 Å². The van der Waals surface area contributed by atoms with Crippen molar-refractivity contribution in [3.8, 4) is 11.5 Å². The topological polar surface area (TPSA) is 339 Å². The van der Waals surface area contributed by atoms with Crippen molar-refractivity contribution in [2.24, 2.45) is 33.9 Å². The number of amides is 4. The Morgan fingerprint density at radius 3 is 1.22 bits per heavy atom. The summed E-state index contributed by atoms with van der Waals surface area (Å²) in [6.07, 6.45) is 0.712. The highest BCUT2D eigenvalue weighted by molar-refractivity contribution is 9.10. The number of rotatable bonds is 11. The average molecular weight is 1390 g/mol. The molecule has 2 atom stereocenters. The summed E-state index contributed by atoms with van der Waals surface area (Å²) in [5, 5.41) is 9.24. The summed E-state index contributed by atoms with van der Waals surface area (Å²) in [5.74, 6) is -2.14. The molecule has 5 N–H and O–H groups in total. The molecule has 10 aromatic rings. The number of carbonyl (C=O) groups excluding carboxylic acids is 6. The molecule has 6 heterocycles. The zero-order chi connectivity index (χ0) is 67.0. The number of halogens is 1. The van der Waals surface area contributed by atoms with Crippen LogP contribution < -0.4 is 38.0 Å². The van der Waals surface area contributed by atoms with Crippen LogP contribution in [0.2, 0.25) is 0 Å². The minimum atomic E-state index is -1.10. The van der Waals surface area contributed by atoms with E-state index in [9.17, 15) is 57.8 Å². The zero-order valence-electron chi connectivity index (χ0n) is 51.5. The van der Waals surface area contributed by atoms with Crippen LogP contribution in [0.15, 0.2) is 145 Å². The zero-order valence-corrected chi connectivity index (χ0v) is 53.1. The third-order valence-corrected chi connectivity index (χ3v) is 16.1. The molecule has 2 fully saturated rings. The maximum atomic E-state index is 13.3. The van der Waals surface area contributed by atoms with Gasteiger partial charge in [0.2, 0.25) is 11.8 Å². The number of hydrogen-bond acceptors (Lipinski definition) is 16. The van der Waals surface area contributed by atoms with Gasteiger partial charge in [-0.2, -0.15) is 0 Å². The van der Waals surface area contributed by atoms with Gasteiger partial charge in [0.1, 0.15) is 23.6 Å². The number of methoxy groups -OCH3 is 4.